The summed E-state index contributed by atoms with van der Waals surface area (Å²) in [6.45, 7) is 3.43. The fourth-order valence-electron chi connectivity index (χ4n) is 3.79. The summed E-state index contributed by atoms with van der Waals surface area (Å²) in [6, 6.07) is 6.86. The molecule has 19 heavy (non-hydrogen) atoms. The van der Waals surface area contributed by atoms with Gasteiger partial charge in [-0.15, -0.1) is 0 Å². The minimum Gasteiger partial charge on any atom is -0.496 e. The molecule has 1 saturated carbocycles. The molecule has 0 bridgehead atoms. The van der Waals surface area contributed by atoms with Crippen LogP contribution in [0.15, 0.2) is 18.2 Å². The van der Waals surface area contributed by atoms with Crippen molar-refractivity contribution in [2.24, 2.45) is 0 Å². The minimum atomic E-state index is 0.0972. The van der Waals surface area contributed by atoms with Crippen LogP contribution in [0.5, 0.6) is 5.75 Å². The van der Waals surface area contributed by atoms with Crippen molar-refractivity contribution in [1.82, 2.24) is 5.32 Å². The predicted molar refractivity (Wildman–Crippen MR) is 78.8 cm³/mol. The maximum Gasteiger partial charge on any atom is 0.123 e. The van der Waals surface area contributed by atoms with E-state index < -0.39 is 0 Å². The van der Waals surface area contributed by atoms with E-state index in [9.17, 15) is 0 Å². The highest BCUT2D eigenvalue weighted by Gasteiger charge is 2.33. The van der Waals surface area contributed by atoms with Crippen LogP contribution in [0.2, 0.25) is 0 Å². The van der Waals surface area contributed by atoms with E-state index in [1.807, 2.05) is 0 Å². The van der Waals surface area contributed by atoms with Crippen LogP contribution in [0, 0.1) is 0 Å². The van der Waals surface area contributed by atoms with Gasteiger partial charge in [0.2, 0.25) is 0 Å². The number of rotatable bonds is 3. The number of hydrogen-bond acceptors (Lipinski definition) is 2. The molecule has 1 aliphatic heterocycles. The van der Waals surface area contributed by atoms with E-state index in [2.05, 4.69) is 30.4 Å². The van der Waals surface area contributed by atoms with Gasteiger partial charge in [-0.3, -0.25) is 0 Å². The first kappa shape index (κ1) is 13.0. The normalized spacial score (nSPS) is 27.9. The van der Waals surface area contributed by atoms with Gasteiger partial charge < -0.3 is 10.1 Å². The molecule has 1 heterocycles. The van der Waals surface area contributed by atoms with Gasteiger partial charge in [0.25, 0.3) is 0 Å². The van der Waals surface area contributed by atoms with Crippen molar-refractivity contribution in [3.63, 3.8) is 0 Å². The van der Waals surface area contributed by atoms with Crippen LogP contribution in [-0.4, -0.2) is 13.7 Å². The summed E-state index contributed by atoms with van der Waals surface area (Å²) in [7, 11) is 1.78. The van der Waals surface area contributed by atoms with E-state index in [1.54, 1.807) is 7.11 Å². The first-order valence-electron chi connectivity index (χ1n) is 7.66. The number of nitrogens with one attached hydrogen (secondary N) is 1. The summed E-state index contributed by atoms with van der Waals surface area (Å²) in [5.41, 5.74) is 2.97. The Balaban J connectivity index is 1.97. The lowest BCUT2D eigenvalue weighted by Crippen LogP contribution is -2.33. The van der Waals surface area contributed by atoms with E-state index in [1.165, 1.54) is 49.7 Å². The second kappa shape index (κ2) is 5.16. The second-order valence-corrected chi connectivity index (χ2v) is 6.30. The molecule has 0 amide bonds. The molecule has 1 aliphatic carbocycles. The number of benzene rings is 1. The third-order valence-electron chi connectivity index (χ3n) is 5.01. The molecule has 1 saturated heterocycles. The fourth-order valence-corrected chi connectivity index (χ4v) is 3.79. The van der Waals surface area contributed by atoms with E-state index in [0.29, 0.717) is 0 Å². The summed E-state index contributed by atoms with van der Waals surface area (Å²) >= 11 is 0. The Morgan fingerprint density at radius 2 is 2.00 bits per heavy atom. The molecule has 0 spiro atoms. The minimum absolute atomic E-state index is 0.0972. The van der Waals surface area contributed by atoms with Gasteiger partial charge >= 0.3 is 0 Å². The lowest BCUT2D eigenvalue weighted by molar-refractivity contribution is 0.370. The molecule has 0 aromatic heterocycles. The lowest BCUT2D eigenvalue weighted by atomic mass is 9.86. The molecule has 1 unspecified atom stereocenters. The quantitative estimate of drug-likeness (QED) is 0.887. The Hall–Kier alpha value is -1.02. The molecule has 1 N–H and O–H groups in total. The lowest BCUT2D eigenvalue weighted by Gasteiger charge is -2.28. The molecule has 1 atom stereocenters. The molecule has 2 heteroatoms. The van der Waals surface area contributed by atoms with Gasteiger partial charge in [-0.25, -0.2) is 0 Å². The van der Waals surface area contributed by atoms with Crippen LogP contribution in [0.4, 0.5) is 0 Å². The van der Waals surface area contributed by atoms with Gasteiger partial charge in [0.05, 0.1) is 7.11 Å². The number of ether oxygens (including phenoxy) is 1. The van der Waals surface area contributed by atoms with Gasteiger partial charge in [0, 0.05) is 11.1 Å². The first-order valence-corrected chi connectivity index (χ1v) is 7.66. The van der Waals surface area contributed by atoms with Crippen LogP contribution in [-0.2, 0) is 5.54 Å². The van der Waals surface area contributed by atoms with Gasteiger partial charge in [-0.1, -0.05) is 18.9 Å². The van der Waals surface area contributed by atoms with E-state index in [0.717, 1.165) is 18.2 Å². The standard InChI is InChI=1S/C17H25NO/c1-17(10-5-11-18-17)15-12-14(8-9-16(15)19-2)13-6-3-4-7-13/h8-9,12-13,18H,3-7,10-11H2,1-2H3. The summed E-state index contributed by atoms with van der Waals surface area (Å²) in [5, 5.41) is 3.66. The van der Waals surface area contributed by atoms with Crippen molar-refractivity contribution in [2.45, 2.75) is 56.9 Å². The Kier molecular flexibility index (Phi) is 3.53. The Morgan fingerprint density at radius 1 is 1.21 bits per heavy atom. The van der Waals surface area contributed by atoms with E-state index in [4.69, 9.17) is 4.74 Å². The zero-order valence-corrected chi connectivity index (χ0v) is 12.2. The molecule has 2 aliphatic rings. The Bertz CT molecular complexity index is 443. The van der Waals surface area contributed by atoms with E-state index >= 15 is 0 Å². The van der Waals surface area contributed by atoms with Gasteiger partial charge in [0.1, 0.15) is 5.75 Å². The van der Waals surface area contributed by atoms with Crippen molar-refractivity contribution >= 4 is 0 Å². The summed E-state index contributed by atoms with van der Waals surface area (Å²) in [6.07, 6.45) is 7.96. The van der Waals surface area contributed by atoms with Crippen LogP contribution in [0.25, 0.3) is 0 Å². The third-order valence-corrected chi connectivity index (χ3v) is 5.01. The van der Waals surface area contributed by atoms with Crippen molar-refractivity contribution < 1.29 is 4.74 Å². The Morgan fingerprint density at radius 3 is 2.63 bits per heavy atom. The third kappa shape index (κ3) is 2.38. The predicted octanol–water partition coefficient (Wildman–Crippen LogP) is 3.95. The maximum absolute atomic E-state index is 5.60. The van der Waals surface area contributed by atoms with Crippen LogP contribution < -0.4 is 10.1 Å². The van der Waals surface area contributed by atoms with Crippen LogP contribution in [0.3, 0.4) is 0 Å². The second-order valence-electron chi connectivity index (χ2n) is 6.30. The summed E-state index contributed by atoms with van der Waals surface area (Å²) in [4.78, 5) is 0. The SMILES string of the molecule is COc1ccc(C2CCCC2)cc1C1(C)CCCN1. The molecular weight excluding hydrogens is 234 g/mol. The Labute approximate surface area is 116 Å². The highest BCUT2D eigenvalue weighted by molar-refractivity contribution is 5.43. The molecule has 2 nitrogen and oxygen atoms in total. The van der Waals surface area contributed by atoms with Crippen molar-refractivity contribution in [2.75, 3.05) is 13.7 Å². The van der Waals surface area contributed by atoms with Crippen LogP contribution in [0.1, 0.15) is 62.5 Å². The summed E-state index contributed by atoms with van der Waals surface area (Å²) in [5.74, 6) is 1.81. The van der Waals surface area contributed by atoms with E-state index in [-0.39, 0.29) is 5.54 Å². The van der Waals surface area contributed by atoms with Crippen molar-refractivity contribution in [1.29, 1.82) is 0 Å². The molecule has 3 rings (SSSR count). The highest BCUT2D eigenvalue weighted by Crippen LogP contribution is 2.41. The maximum atomic E-state index is 5.60. The summed E-state index contributed by atoms with van der Waals surface area (Å²) < 4.78 is 5.60. The topological polar surface area (TPSA) is 21.3 Å². The van der Waals surface area contributed by atoms with Crippen molar-refractivity contribution in [3.05, 3.63) is 29.3 Å². The molecule has 0 radical (unpaired) electrons. The molecular formula is C17H25NO. The molecule has 104 valence electrons. The largest absolute Gasteiger partial charge is 0.496 e. The highest BCUT2D eigenvalue weighted by atomic mass is 16.5. The zero-order chi connectivity index (χ0) is 13.3. The van der Waals surface area contributed by atoms with Gasteiger partial charge in [-0.2, -0.15) is 0 Å². The first-order chi connectivity index (χ1) is 9.23. The molecule has 1 aromatic carbocycles. The number of hydrogen-bond donors (Lipinski definition) is 1. The molecule has 2 fully saturated rings. The van der Waals surface area contributed by atoms with Gasteiger partial charge in [-0.05, 0) is 62.8 Å². The monoisotopic (exact) mass is 259 g/mol. The van der Waals surface area contributed by atoms with Crippen LogP contribution >= 0.6 is 0 Å². The molecule has 1 aromatic rings. The van der Waals surface area contributed by atoms with Crippen molar-refractivity contribution in [3.8, 4) is 5.75 Å². The fraction of sp³-hybridized carbons (Fsp3) is 0.647. The smallest absolute Gasteiger partial charge is 0.123 e. The zero-order valence-electron chi connectivity index (χ0n) is 12.2. The number of methoxy groups -OCH3 is 1. The van der Waals surface area contributed by atoms with Gasteiger partial charge in [0.15, 0.2) is 0 Å². The average molecular weight is 259 g/mol. The average Bonchev–Trinajstić information content (AvgIpc) is 3.10.